The molecule has 0 aliphatic carbocycles. The highest BCUT2D eigenvalue weighted by atomic mass is 15.1. The first-order valence-electron chi connectivity index (χ1n) is 13.5. The molecule has 9 aromatic rings. The molecular formula is C36H22N4. The van der Waals surface area contributed by atoms with Crippen LogP contribution in [0.3, 0.4) is 0 Å². The molecule has 40 heavy (non-hydrogen) atoms. The number of pyridine rings is 3. The Balaban J connectivity index is 1.45. The monoisotopic (exact) mass is 510 g/mol. The summed E-state index contributed by atoms with van der Waals surface area (Å²) in [6.45, 7) is 0. The van der Waals surface area contributed by atoms with Crippen molar-refractivity contribution < 1.29 is 0 Å². The molecule has 0 atom stereocenters. The van der Waals surface area contributed by atoms with E-state index in [9.17, 15) is 0 Å². The van der Waals surface area contributed by atoms with Gasteiger partial charge in [0.05, 0.1) is 27.6 Å². The summed E-state index contributed by atoms with van der Waals surface area (Å²) in [5, 5.41) is 7.42. The van der Waals surface area contributed by atoms with Crippen molar-refractivity contribution >= 4 is 59.9 Å². The molecule has 0 bridgehead atoms. The smallest absolute Gasteiger partial charge is 0.138 e. The summed E-state index contributed by atoms with van der Waals surface area (Å²) in [7, 11) is 0. The lowest BCUT2D eigenvalue weighted by Crippen LogP contribution is -1.98. The molecule has 0 aliphatic heterocycles. The highest BCUT2D eigenvalue weighted by Crippen LogP contribution is 2.40. The van der Waals surface area contributed by atoms with Crippen molar-refractivity contribution in [2.24, 2.45) is 0 Å². The molecule has 4 heteroatoms. The van der Waals surface area contributed by atoms with E-state index >= 15 is 0 Å². The van der Waals surface area contributed by atoms with Gasteiger partial charge in [0.25, 0.3) is 0 Å². The van der Waals surface area contributed by atoms with Crippen LogP contribution in [0.1, 0.15) is 0 Å². The Morgan fingerprint density at radius 3 is 2.05 bits per heavy atom. The Morgan fingerprint density at radius 2 is 1.20 bits per heavy atom. The second-order valence-corrected chi connectivity index (χ2v) is 10.4. The van der Waals surface area contributed by atoms with Gasteiger partial charge in [-0.1, -0.05) is 60.7 Å². The molecule has 5 aromatic heterocycles. The van der Waals surface area contributed by atoms with Crippen molar-refractivity contribution in [2.75, 3.05) is 0 Å². The van der Waals surface area contributed by atoms with Gasteiger partial charge in [-0.3, -0.25) is 9.55 Å². The molecule has 0 aliphatic rings. The number of rotatable bonds is 2. The lowest BCUT2D eigenvalue weighted by atomic mass is 10.0. The van der Waals surface area contributed by atoms with Gasteiger partial charge in [-0.2, -0.15) is 0 Å². The Bertz CT molecular complexity index is 2430. The van der Waals surface area contributed by atoms with Crippen LogP contribution in [0, 0.1) is 0 Å². The minimum Gasteiger partial charge on any atom is -0.309 e. The van der Waals surface area contributed by atoms with Crippen LogP contribution in [0.15, 0.2) is 134 Å². The first kappa shape index (κ1) is 21.5. The normalized spacial score (nSPS) is 12.0. The fraction of sp³-hybridized carbons (Fsp3) is 0. The van der Waals surface area contributed by atoms with Crippen LogP contribution in [-0.2, 0) is 0 Å². The van der Waals surface area contributed by atoms with Gasteiger partial charge < -0.3 is 4.40 Å². The molecule has 9 rings (SSSR count). The largest absolute Gasteiger partial charge is 0.309 e. The van der Waals surface area contributed by atoms with Crippen molar-refractivity contribution in [3.63, 3.8) is 0 Å². The summed E-state index contributed by atoms with van der Waals surface area (Å²) in [6.07, 6.45) is 5.60. The SMILES string of the molecule is c1cncc(-c2ccnc(-n3c4ccccc4c4cc5c(cc43)c3ccccc3n3c4ccccc4cc53)c2)c1. The topological polar surface area (TPSA) is 35.1 Å². The number of hydrogen-bond acceptors (Lipinski definition) is 2. The number of fused-ring (bicyclic) bond motifs is 11. The van der Waals surface area contributed by atoms with Gasteiger partial charge in [0.15, 0.2) is 0 Å². The molecule has 0 amide bonds. The molecule has 5 heterocycles. The van der Waals surface area contributed by atoms with Crippen LogP contribution in [0.4, 0.5) is 0 Å². The zero-order chi connectivity index (χ0) is 26.2. The molecule has 0 saturated carbocycles. The molecule has 0 spiro atoms. The van der Waals surface area contributed by atoms with Crippen LogP contribution in [0.5, 0.6) is 0 Å². The quantitative estimate of drug-likeness (QED) is 0.218. The maximum absolute atomic E-state index is 4.87. The van der Waals surface area contributed by atoms with Crippen molar-refractivity contribution in [1.29, 1.82) is 0 Å². The predicted octanol–water partition coefficient (Wildman–Crippen LogP) is 8.95. The summed E-state index contributed by atoms with van der Waals surface area (Å²) in [5.74, 6) is 0.894. The predicted molar refractivity (Wildman–Crippen MR) is 165 cm³/mol. The Morgan fingerprint density at radius 1 is 0.450 bits per heavy atom. The van der Waals surface area contributed by atoms with Crippen molar-refractivity contribution in [3.8, 4) is 16.9 Å². The van der Waals surface area contributed by atoms with Crippen LogP contribution < -0.4 is 0 Å². The maximum atomic E-state index is 4.87. The summed E-state index contributed by atoms with van der Waals surface area (Å²) >= 11 is 0. The van der Waals surface area contributed by atoms with E-state index in [0.717, 1.165) is 28.0 Å². The lowest BCUT2D eigenvalue weighted by Gasteiger charge is -2.12. The third kappa shape index (κ3) is 2.90. The fourth-order valence-electron chi connectivity index (χ4n) is 6.46. The van der Waals surface area contributed by atoms with E-state index in [0.29, 0.717) is 0 Å². The van der Waals surface area contributed by atoms with E-state index in [2.05, 4.69) is 117 Å². The number of hydrogen-bond donors (Lipinski definition) is 0. The summed E-state index contributed by atoms with van der Waals surface area (Å²) in [4.78, 5) is 9.19. The molecule has 4 aromatic carbocycles. The minimum atomic E-state index is 0.894. The second-order valence-electron chi connectivity index (χ2n) is 10.4. The Hall–Kier alpha value is -5.48. The van der Waals surface area contributed by atoms with E-state index in [-0.39, 0.29) is 0 Å². The molecule has 0 saturated heterocycles. The Labute approximate surface area is 229 Å². The van der Waals surface area contributed by atoms with Crippen molar-refractivity contribution in [2.45, 2.75) is 0 Å². The molecular weight excluding hydrogens is 488 g/mol. The van der Waals surface area contributed by atoms with E-state index in [1.165, 1.54) is 48.9 Å². The average molecular weight is 511 g/mol. The van der Waals surface area contributed by atoms with Crippen LogP contribution in [0.25, 0.3) is 76.8 Å². The summed E-state index contributed by atoms with van der Waals surface area (Å²) in [6, 6.07) is 41.4. The molecule has 0 radical (unpaired) electrons. The van der Waals surface area contributed by atoms with Gasteiger partial charge in [0.2, 0.25) is 0 Å². The van der Waals surface area contributed by atoms with E-state index in [1.54, 1.807) is 6.20 Å². The Kier molecular flexibility index (Phi) is 4.30. The van der Waals surface area contributed by atoms with Gasteiger partial charge >= 0.3 is 0 Å². The molecule has 186 valence electrons. The number of nitrogens with zero attached hydrogens (tertiary/aromatic N) is 4. The molecule has 0 N–H and O–H groups in total. The number of para-hydroxylation sites is 3. The van der Waals surface area contributed by atoms with Gasteiger partial charge in [-0.05, 0) is 65.5 Å². The minimum absolute atomic E-state index is 0.894. The standard InChI is InChI=1S/C36H22N4/c1-4-12-31-24(8-1)18-34-30-20-29-27-11-3-6-14-33(27)40(36-19-23(15-17-38-36)25-9-7-16-37-22-25)35(29)21-28(30)26-10-2-5-13-32(26)39(31)34/h1-22H. The highest BCUT2D eigenvalue weighted by Gasteiger charge is 2.18. The van der Waals surface area contributed by atoms with Crippen molar-refractivity contribution in [1.82, 2.24) is 18.9 Å². The lowest BCUT2D eigenvalue weighted by molar-refractivity contribution is 1.08. The number of benzene rings is 4. The third-order valence-corrected chi connectivity index (χ3v) is 8.20. The van der Waals surface area contributed by atoms with E-state index in [1.807, 2.05) is 24.5 Å². The number of aromatic nitrogens is 4. The highest BCUT2D eigenvalue weighted by molar-refractivity contribution is 6.22. The van der Waals surface area contributed by atoms with Gasteiger partial charge in [-0.25, -0.2) is 4.98 Å². The first-order chi connectivity index (χ1) is 19.8. The fourth-order valence-corrected chi connectivity index (χ4v) is 6.46. The van der Waals surface area contributed by atoms with Gasteiger partial charge in [0.1, 0.15) is 5.82 Å². The average Bonchev–Trinajstić information content (AvgIpc) is 3.57. The van der Waals surface area contributed by atoms with Gasteiger partial charge in [0, 0.05) is 51.1 Å². The molecule has 4 nitrogen and oxygen atoms in total. The zero-order valence-electron chi connectivity index (χ0n) is 21.5. The van der Waals surface area contributed by atoms with Crippen molar-refractivity contribution in [3.05, 3.63) is 134 Å². The van der Waals surface area contributed by atoms with Gasteiger partial charge in [-0.15, -0.1) is 0 Å². The van der Waals surface area contributed by atoms with E-state index < -0.39 is 0 Å². The van der Waals surface area contributed by atoms with E-state index in [4.69, 9.17) is 4.98 Å². The second kappa shape index (κ2) is 8.01. The molecule has 0 fully saturated rings. The van der Waals surface area contributed by atoms with Crippen LogP contribution >= 0.6 is 0 Å². The van der Waals surface area contributed by atoms with Crippen LogP contribution in [-0.4, -0.2) is 18.9 Å². The summed E-state index contributed by atoms with van der Waals surface area (Å²) < 4.78 is 4.72. The first-order valence-corrected chi connectivity index (χ1v) is 13.5. The maximum Gasteiger partial charge on any atom is 0.138 e. The zero-order valence-corrected chi connectivity index (χ0v) is 21.5. The summed E-state index contributed by atoms with van der Waals surface area (Å²) in [5.41, 5.74) is 8.13. The third-order valence-electron chi connectivity index (χ3n) is 8.20. The molecule has 0 unspecified atom stereocenters. The van der Waals surface area contributed by atoms with Crippen LogP contribution in [0.2, 0.25) is 0 Å².